The summed E-state index contributed by atoms with van der Waals surface area (Å²) in [6, 6.07) is 1.91. The van der Waals surface area contributed by atoms with Gasteiger partial charge in [-0.1, -0.05) is 0 Å². The molecule has 0 N–H and O–H groups in total. The minimum atomic E-state index is -0.116. The lowest BCUT2D eigenvalue weighted by Crippen LogP contribution is -2.36. The van der Waals surface area contributed by atoms with Crippen molar-refractivity contribution in [3.05, 3.63) is 60.5 Å². The van der Waals surface area contributed by atoms with Crippen LogP contribution in [0, 0.1) is 12.8 Å². The Labute approximate surface area is 145 Å². The minimum Gasteiger partial charge on any atom is -0.333 e. The summed E-state index contributed by atoms with van der Waals surface area (Å²) < 4.78 is 4.02. The second kappa shape index (κ2) is 6.46. The second-order valence-corrected chi connectivity index (χ2v) is 6.32. The maximum Gasteiger partial charge on any atom is 0.274 e. The number of rotatable bonds is 3. The fraction of sp³-hybridized carbons (Fsp3) is 0.353. The highest BCUT2D eigenvalue weighted by Gasteiger charge is 2.27. The van der Waals surface area contributed by atoms with E-state index in [0.717, 1.165) is 24.6 Å². The molecule has 0 fully saturated rings. The van der Waals surface area contributed by atoms with Crippen molar-refractivity contribution in [3.63, 3.8) is 0 Å². The molecule has 3 aromatic rings. The summed E-state index contributed by atoms with van der Waals surface area (Å²) in [5, 5.41) is 4.29. The van der Waals surface area contributed by atoms with E-state index in [1.54, 1.807) is 23.5 Å². The van der Waals surface area contributed by atoms with E-state index in [-0.39, 0.29) is 11.8 Å². The molecule has 1 aliphatic heterocycles. The first-order valence-electron chi connectivity index (χ1n) is 8.24. The van der Waals surface area contributed by atoms with Crippen molar-refractivity contribution >= 4 is 5.91 Å². The predicted molar refractivity (Wildman–Crippen MR) is 89.5 cm³/mol. The van der Waals surface area contributed by atoms with Crippen LogP contribution in [0.2, 0.25) is 0 Å². The molecule has 1 amide bonds. The van der Waals surface area contributed by atoms with Gasteiger partial charge in [0.25, 0.3) is 5.91 Å². The van der Waals surface area contributed by atoms with Crippen molar-refractivity contribution in [1.82, 2.24) is 34.2 Å². The van der Waals surface area contributed by atoms with Crippen LogP contribution in [-0.2, 0) is 19.6 Å². The third-order valence-corrected chi connectivity index (χ3v) is 4.36. The molecular weight excluding hydrogens is 318 g/mol. The lowest BCUT2D eigenvalue weighted by atomic mass is 10.1. The summed E-state index contributed by atoms with van der Waals surface area (Å²) in [7, 11) is 0. The van der Waals surface area contributed by atoms with E-state index >= 15 is 0 Å². The van der Waals surface area contributed by atoms with Gasteiger partial charge in [0.15, 0.2) is 0 Å². The summed E-state index contributed by atoms with van der Waals surface area (Å²) in [4.78, 5) is 27.5. The number of amides is 1. The fourth-order valence-corrected chi connectivity index (χ4v) is 3.15. The molecule has 4 heterocycles. The molecule has 4 rings (SSSR count). The molecule has 25 heavy (non-hydrogen) atoms. The SMILES string of the molecule is Cc1cnc(C(=O)N2Cc3nccn3C[C@H](Cn3cccn3)C2)cn1. The lowest BCUT2D eigenvalue weighted by Gasteiger charge is -2.23. The number of carbonyl (C=O) groups excluding carboxylic acids is 1. The second-order valence-electron chi connectivity index (χ2n) is 6.32. The number of fused-ring (bicyclic) bond motifs is 1. The van der Waals surface area contributed by atoms with Gasteiger partial charge in [-0.15, -0.1) is 0 Å². The number of aryl methyl sites for hydroxylation is 1. The largest absolute Gasteiger partial charge is 0.333 e. The Morgan fingerprint density at radius 3 is 2.84 bits per heavy atom. The minimum absolute atomic E-state index is 0.116. The van der Waals surface area contributed by atoms with Crippen LogP contribution < -0.4 is 0 Å². The first-order chi connectivity index (χ1) is 12.2. The van der Waals surface area contributed by atoms with Gasteiger partial charge in [-0.05, 0) is 13.0 Å². The van der Waals surface area contributed by atoms with E-state index in [9.17, 15) is 4.79 Å². The maximum absolute atomic E-state index is 12.9. The highest BCUT2D eigenvalue weighted by molar-refractivity contribution is 5.91. The van der Waals surface area contributed by atoms with Crippen LogP contribution in [0.3, 0.4) is 0 Å². The topological polar surface area (TPSA) is 81.7 Å². The van der Waals surface area contributed by atoms with Gasteiger partial charge in [0, 0.05) is 56.5 Å². The summed E-state index contributed by atoms with van der Waals surface area (Å²) in [5.41, 5.74) is 1.16. The molecule has 0 aliphatic carbocycles. The molecule has 0 saturated heterocycles. The van der Waals surface area contributed by atoms with E-state index in [4.69, 9.17) is 0 Å². The number of imidazole rings is 1. The number of hydrogen-bond donors (Lipinski definition) is 0. The van der Waals surface area contributed by atoms with Crippen LogP contribution >= 0.6 is 0 Å². The first kappa shape index (κ1) is 15.5. The van der Waals surface area contributed by atoms with Crippen LogP contribution in [0.1, 0.15) is 22.0 Å². The Bertz CT molecular complexity index is 854. The van der Waals surface area contributed by atoms with Crippen molar-refractivity contribution in [2.75, 3.05) is 6.54 Å². The Hall–Kier alpha value is -3.03. The monoisotopic (exact) mass is 337 g/mol. The molecule has 8 nitrogen and oxygen atoms in total. The number of carbonyl (C=O) groups is 1. The van der Waals surface area contributed by atoms with Gasteiger partial charge in [-0.3, -0.25) is 14.5 Å². The van der Waals surface area contributed by atoms with Gasteiger partial charge in [0.2, 0.25) is 0 Å². The van der Waals surface area contributed by atoms with Crippen molar-refractivity contribution < 1.29 is 4.79 Å². The van der Waals surface area contributed by atoms with E-state index in [0.29, 0.717) is 18.8 Å². The fourth-order valence-electron chi connectivity index (χ4n) is 3.15. The van der Waals surface area contributed by atoms with Crippen molar-refractivity contribution in [2.24, 2.45) is 5.92 Å². The van der Waals surface area contributed by atoms with Crippen molar-refractivity contribution in [2.45, 2.75) is 26.6 Å². The normalized spacial score (nSPS) is 17.2. The quantitative estimate of drug-likeness (QED) is 0.716. The van der Waals surface area contributed by atoms with E-state index < -0.39 is 0 Å². The number of aromatic nitrogens is 6. The van der Waals surface area contributed by atoms with Gasteiger partial charge in [0.05, 0.1) is 18.4 Å². The standard InChI is InChI=1S/C17H19N7O/c1-13-7-20-15(8-19-13)17(25)23-10-14(11-24-5-2-3-21-24)9-22-6-4-18-16(22)12-23/h2-8,14H,9-12H2,1H3/t14-/m0/s1. The average molecular weight is 337 g/mol. The van der Waals surface area contributed by atoms with Gasteiger partial charge in [0.1, 0.15) is 11.5 Å². The maximum atomic E-state index is 12.9. The molecular formula is C17H19N7O. The molecule has 8 heteroatoms. The van der Waals surface area contributed by atoms with Crippen LogP contribution in [0.25, 0.3) is 0 Å². The van der Waals surface area contributed by atoms with E-state index in [1.807, 2.05) is 30.1 Å². The zero-order valence-corrected chi connectivity index (χ0v) is 14.0. The molecule has 3 aromatic heterocycles. The summed E-state index contributed by atoms with van der Waals surface area (Å²) in [5.74, 6) is 1.00. The Morgan fingerprint density at radius 2 is 2.08 bits per heavy atom. The number of hydrogen-bond acceptors (Lipinski definition) is 5. The highest BCUT2D eigenvalue weighted by Crippen LogP contribution is 2.18. The third kappa shape index (κ3) is 3.28. The Kier molecular flexibility index (Phi) is 4.01. The van der Waals surface area contributed by atoms with Gasteiger partial charge >= 0.3 is 0 Å². The van der Waals surface area contributed by atoms with Crippen molar-refractivity contribution in [1.29, 1.82) is 0 Å². The van der Waals surface area contributed by atoms with Gasteiger partial charge < -0.3 is 9.47 Å². The molecule has 1 aliphatic rings. The van der Waals surface area contributed by atoms with Crippen LogP contribution in [-0.4, -0.2) is 46.7 Å². The predicted octanol–water partition coefficient (Wildman–Crippen LogP) is 1.15. The van der Waals surface area contributed by atoms with Crippen LogP contribution in [0.5, 0.6) is 0 Å². The smallest absolute Gasteiger partial charge is 0.274 e. The molecule has 0 radical (unpaired) electrons. The first-order valence-corrected chi connectivity index (χ1v) is 8.24. The molecule has 128 valence electrons. The number of nitrogens with zero attached hydrogens (tertiary/aromatic N) is 7. The zero-order valence-electron chi connectivity index (χ0n) is 14.0. The lowest BCUT2D eigenvalue weighted by molar-refractivity contribution is 0.0706. The van der Waals surface area contributed by atoms with E-state index in [1.165, 1.54) is 6.20 Å². The molecule has 0 aromatic carbocycles. The van der Waals surface area contributed by atoms with Crippen LogP contribution in [0.4, 0.5) is 0 Å². The molecule has 0 unspecified atom stereocenters. The molecule has 1 atom stereocenters. The Balaban J connectivity index is 1.60. The van der Waals surface area contributed by atoms with E-state index in [2.05, 4.69) is 24.6 Å². The van der Waals surface area contributed by atoms with Gasteiger partial charge in [-0.25, -0.2) is 9.97 Å². The highest BCUT2D eigenvalue weighted by atomic mass is 16.2. The summed E-state index contributed by atoms with van der Waals surface area (Å²) >= 11 is 0. The summed E-state index contributed by atoms with van der Waals surface area (Å²) in [6.45, 7) is 4.49. The summed E-state index contributed by atoms with van der Waals surface area (Å²) in [6.07, 6.45) is 10.6. The third-order valence-electron chi connectivity index (χ3n) is 4.36. The van der Waals surface area contributed by atoms with Crippen LogP contribution in [0.15, 0.2) is 43.2 Å². The molecule has 0 bridgehead atoms. The van der Waals surface area contributed by atoms with Gasteiger partial charge in [-0.2, -0.15) is 5.10 Å². The van der Waals surface area contributed by atoms with Crippen molar-refractivity contribution in [3.8, 4) is 0 Å². The zero-order chi connectivity index (χ0) is 17.2. The molecule has 0 saturated carbocycles. The Morgan fingerprint density at radius 1 is 1.16 bits per heavy atom. The molecule has 0 spiro atoms. The average Bonchev–Trinajstić information content (AvgIpc) is 3.24.